The first-order valence-corrected chi connectivity index (χ1v) is 15.5. The Balaban J connectivity index is 0.000000775. The van der Waals surface area contributed by atoms with Crippen LogP contribution in [0.2, 0.25) is 0 Å². The van der Waals surface area contributed by atoms with Crippen molar-refractivity contribution in [2.75, 3.05) is 46.3 Å². The van der Waals surface area contributed by atoms with Gasteiger partial charge in [0.25, 0.3) is 0 Å². The summed E-state index contributed by atoms with van der Waals surface area (Å²) in [4.78, 5) is 38.3. The number of nitrogens with zero attached hydrogens (tertiary/aromatic N) is 3. The van der Waals surface area contributed by atoms with Crippen LogP contribution in [0.4, 0.5) is 0 Å². The van der Waals surface area contributed by atoms with Crippen molar-refractivity contribution in [2.24, 2.45) is 11.8 Å². The summed E-state index contributed by atoms with van der Waals surface area (Å²) >= 11 is 0. The van der Waals surface area contributed by atoms with Crippen LogP contribution in [0, 0.1) is 18.8 Å². The molecule has 2 aliphatic heterocycles. The molecule has 0 spiro atoms. The summed E-state index contributed by atoms with van der Waals surface area (Å²) < 4.78 is 0. The second kappa shape index (κ2) is 18.5. The van der Waals surface area contributed by atoms with Gasteiger partial charge in [-0.1, -0.05) is 39.0 Å². The van der Waals surface area contributed by atoms with Gasteiger partial charge >= 0.3 is 0 Å². The molecule has 1 aromatic rings. The predicted octanol–water partition coefficient (Wildman–Crippen LogP) is 5.93. The first-order valence-electron chi connectivity index (χ1n) is 15.5. The fourth-order valence-electron chi connectivity index (χ4n) is 5.85. The van der Waals surface area contributed by atoms with Crippen molar-refractivity contribution < 1.29 is 14.4 Å². The lowest BCUT2D eigenvalue weighted by atomic mass is 9.76. The lowest BCUT2D eigenvalue weighted by Gasteiger charge is -2.42. The zero-order valence-corrected chi connectivity index (χ0v) is 27.0. The molecule has 0 aromatic heterocycles. The van der Waals surface area contributed by atoms with Gasteiger partial charge in [0.05, 0.1) is 0 Å². The number of Topliss-reactive ketones (excluding diaryl/α,β-unsaturated/α-hetero) is 1. The van der Waals surface area contributed by atoms with Gasteiger partial charge in [-0.2, -0.15) is 0 Å². The average molecular weight is 558 g/mol. The molecular weight excluding hydrogens is 498 g/mol. The molecule has 2 saturated heterocycles. The van der Waals surface area contributed by atoms with E-state index in [1.165, 1.54) is 55.7 Å². The highest BCUT2D eigenvalue weighted by molar-refractivity contribution is 5.89. The molecule has 6 heteroatoms. The van der Waals surface area contributed by atoms with Crippen molar-refractivity contribution in [1.29, 1.82) is 0 Å². The van der Waals surface area contributed by atoms with Gasteiger partial charge < -0.3 is 14.5 Å². The summed E-state index contributed by atoms with van der Waals surface area (Å²) in [7, 11) is 2.24. The highest BCUT2D eigenvalue weighted by Crippen LogP contribution is 2.30. The normalized spacial score (nSPS) is 19.4. The van der Waals surface area contributed by atoms with Gasteiger partial charge in [-0.15, -0.1) is 0 Å². The Kier molecular flexibility index (Phi) is 16.7. The van der Waals surface area contributed by atoms with Crippen LogP contribution < -0.4 is 0 Å². The number of rotatable bonds is 11. The van der Waals surface area contributed by atoms with Crippen molar-refractivity contribution in [3.63, 3.8) is 0 Å². The smallest absolute Gasteiger partial charge is 0.142 e. The number of benzene rings is 1. The Labute approximate surface area is 245 Å². The first kappa shape index (κ1) is 36.1. The van der Waals surface area contributed by atoms with Gasteiger partial charge in [-0.25, -0.2) is 0 Å². The molecular formula is C34H59N3O3. The van der Waals surface area contributed by atoms with Gasteiger partial charge in [-0.3, -0.25) is 14.6 Å². The topological polar surface area (TPSA) is 60.9 Å². The van der Waals surface area contributed by atoms with E-state index >= 15 is 0 Å². The van der Waals surface area contributed by atoms with Crippen LogP contribution in [-0.2, 0) is 26.3 Å². The molecule has 0 aliphatic carbocycles. The Bertz CT molecular complexity index is 877. The number of carbonyl (C=O) groups excluding carboxylic acids is 3. The minimum absolute atomic E-state index is 0.353. The number of ketones is 1. The SMILES string of the molecule is C=O.CC(C)CCC=O.CCCC(=O)C(C)(C)c1cc(CN2CCN(CC3CCN(C)CC3)C(C)C2)ccc1C. The third-order valence-electron chi connectivity index (χ3n) is 8.60. The molecule has 6 nitrogen and oxygen atoms in total. The zero-order chi connectivity index (χ0) is 30.3. The third-order valence-corrected chi connectivity index (χ3v) is 8.60. The molecule has 2 fully saturated rings. The zero-order valence-electron chi connectivity index (χ0n) is 27.0. The second-order valence-electron chi connectivity index (χ2n) is 12.9. The third kappa shape index (κ3) is 11.9. The summed E-state index contributed by atoms with van der Waals surface area (Å²) in [6, 6.07) is 7.39. The highest BCUT2D eigenvalue weighted by atomic mass is 16.1. The molecule has 0 radical (unpaired) electrons. The molecule has 1 unspecified atom stereocenters. The van der Waals surface area contributed by atoms with E-state index in [4.69, 9.17) is 4.79 Å². The van der Waals surface area contributed by atoms with Gasteiger partial charge in [0.1, 0.15) is 18.9 Å². The largest absolute Gasteiger partial charge is 0.307 e. The van der Waals surface area contributed by atoms with Crippen LogP contribution in [0.3, 0.4) is 0 Å². The van der Waals surface area contributed by atoms with Gasteiger partial charge in [0.15, 0.2) is 0 Å². The molecule has 0 amide bonds. The number of aryl methyl sites for hydroxylation is 1. The van der Waals surface area contributed by atoms with Crippen LogP contribution in [0.5, 0.6) is 0 Å². The first-order chi connectivity index (χ1) is 19.0. The average Bonchev–Trinajstić information content (AvgIpc) is 2.92. The van der Waals surface area contributed by atoms with Gasteiger partial charge in [-0.05, 0) is 102 Å². The highest BCUT2D eigenvalue weighted by Gasteiger charge is 2.31. The monoisotopic (exact) mass is 557 g/mol. The number of piperazine rings is 1. The van der Waals surface area contributed by atoms with E-state index < -0.39 is 5.41 Å². The Morgan fingerprint density at radius 3 is 2.30 bits per heavy atom. The van der Waals surface area contributed by atoms with E-state index in [1.807, 2.05) is 6.79 Å². The van der Waals surface area contributed by atoms with Crippen LogP contribution >= 0.6 is 0 Å². The van der Waals surface area contributed by atoms with Crippen molar-refractivity contribution in [1.82, 2.24) is 14.7 Å². The number of carbonyl (C=O) groups is 3. The lowest BCUT2D eigenvalue weighted by Crippen LogP contribution is -2.53. The van der Waals surface area contributed by atoms with Crippen molar-refractivity contribution in [3.05, 3.63) is 34.9 Å². The second-order valence-corrected chi connectivity index (χ2v) is 12.9. The van der Waals surface area contributed by atoms with Crippen molar-refractivity contribution >= 4 is 18.9 Å². The lowest BCUT2D eigenvalue weighted by molar-refractivity contribution is -0.123. The summed E-state index contributed by atoms with van der Waals surface area (Å²) in [6.45, 7) is 25.3. The molecule has 1 aromatic carbocycles. The summed E-state index contributed by atoms with van der Waals surface area (Å²) in [5, 5.41) is 0. The molecule has 1 atom stereocenters. The Morgan fingerprint density at radius 1 is 1.12 bits per heavy atom. The quantitative estimate of drug-likeness (QED) is 0.315. The maximum absolute atomic E-state index is 12.8. The van der Waals surface area contributed by atoms with E-state index in [2.05, 4.69) is 88.4 Å². The number of aldehydes is 1. The summed E-state index contributed by atoms with van der Waals surface area (Å²) in [5.74, 6) is 1.89. The van der Waals surface area contributed by atoms with E-state index in [0.717, 1.165) is 51.1 Å². The summed E-state index contributed by atoms with van der Waals surface area (Å²) in [5.41, 5.74) is 3.37. The molecule has 228 valence electrons. The van der Waals surface area contributed by atoms with Crippen LogP contribution in [0.25, 0.3) is 0 Å². The van der Waals surface area contributed by atoms with E-state index in [1.54, 1.807) is 0 Å². The molecule has 40 heavy (non-hydrogen) atoms. The fourth-order valence-corrected chi connectivity index (χ4v) is 5.85. The Hall–Kier alpha value is -1.89. The molecule has 3 rings (SSSR count). The van der Waals surface area contributed by atoms with Crippen LogP contribution in [0.15, 0.2) is 18.2 Å². The number of hydrogen-bond acceptors (Lipinski definition) is 6. The van der Waals surface area contributed by atoms with Gasteiger partial charge in [0, 0.05) is 57.0 Å². The molecule has 0 bridgehead atoms. The molecule has 0 N–H and O–H groups in total. The summed E-state index contributed by atoms with van der Waals surface area (Å²) in [6.07, 6.45) is 7.00. The fraction of sp³-hybridized carbons (Fsp3) is 0.735. The minimum atomic E-state index is -0.407. The van der Waals surface area contributed by atoms with Gasteiger partial charge in [0.2, 0.25) is 0 Å². The van der Waals surface area contributed by atoms with E-state index in [9.17, 15) is 9.59 Å². The molecule has 2 heterocycles. The maximum Gasteiger partial charge on any atom is 0.142 e. The molecule has 0 saturated carbocycles. The number of hydrogen-bond donors (Lipinski definition) is 0. The maximum atomic E-state index is 12.8. The predicted molar refractivity (Wildman–Crippen MR) is 168 cm³/mol. The van der Waals surface area contributed by atoms with E-state index in [-0.39, 0.29) is 0 Å². The Morgan fingerprint density at radius 2 is 1.77 bits per heavy atom. The van der Waals surface area contributed by atoms with Crippen molar-refractivity contribution in [2.45, 2.75) is 105 Å². The van der Waals surface area contributed by atoms with Crippen molar-refractivity contribution in [3.8, 4) is 0 Å². The van der Waals surface area contributed by atoms with Crippen LogP contribution in [0.1, 0.15) is 96.8 Å². The molecule has 2 aliphatic rings. The standard InChI is InChI=1S/C27H45N3O.C6H12O.CH2O/c1-7-8-26(31)27(4,5)25-17-24(10-9-21(25)2)19-29-15-16-30(22(3)18-29)20-23-11-13-28(6)14-12-23;1-6(2)4-3-5-7;1-2/h9-10,17,22-23H,7-8,11-16,18-20H2,1-6H3;5-6H,3-4H2,1-2H3;1H2. The minimum Gasteiger partial charge on any atom is -0.307 e. The van der Waals surface area contributed by atoms with E-state index in [0.29, 0.717) is 24.2 Å². The number of likely N-dealkylation sites (tertiary alicyclic amines) is 1. The van der Waals surface area contributed by atoms with Crippen LogP contribution in [-0.4, -0.2) is 85.9 Å². The number of piperidine rings is 1.